The minimum atomic E-state index is -0.856. The van der Waals surface area contributed by atoms with Gasteiger partial charge in [-0.2, -0.15) is 0 Å². The van der Waals surface area contributed by atoms with E-state index in [2.05, 4.69) is 43.5 Å². The van der Waals surface area contributed by atoms with E-state index in [4.69, 9.17) is 4.74 Å². The molecule has 0 rings (SSSR count). The molecule has 0 radical (unpaired) electrons. The van der Waals surface area contributed by atoms with Crippen molar-refractivity contribution in [3.05, 3.63) is 36.5 Å². The molecule has 68 heavy (non-hydrogen) atoms. The highest BCUT2D eigenvalue weighted by molar-refractivity contribution is 5.76. The highest BCUT2D eigenvalue weighted by Crippen LogP contribution is 2.17. The van der Waals surface area contributed by atoms with Crippen molar-refractivity contribution in [1.82, 2.24) is 5.32 Å². The predicted molar refractivity (Wildman–Crippen MR) is 296 cm³/mol. The van der Waals surface area contributed by atoms with Crippen LogP contribution in [0.2, 0.25) is 0 Å². The van der Waals surface area contributed by atoms with E-state index in [1.165, 1.54) is 225 Å². The van der Waals surface area contributed by atoms with E-state index in [1.807, 2.05) is 6.08 Å². The van der Waals surface area contributed by atoms with Crippen molar-refractivity contribution in [3.8, 4) is 0 Å². The monoisotopic (exact) mass is 956 g/mol. The lowest BCUT2D eigenvalue weighted by molar-refractivity contribution is -0.143. The first-order chi connectivity index (χ1) is 33.5. The normalized spacial score (nSPS) is 12.8. The molecule has 400 valence electrons. The molecule has 0 aromatic rings. The number of carbonyl (C=O) groups excluding carboxylic acids is 2. The van der Waals surface area contributed by atoms with Crippen LogP contribution in [-0.2, 0) is 14.3 Å². The first-order valence-electron chi connectivity index (χ1n) is 30.3. The number of hydrogen-bond acceptors (Lipinski definition) is 5. The largest absolute Gasteiger partial charge is 0.466 e. The molecule has 0 aromatic carbocycles. The number of rotatable bonds is 56. The summed E-state index contributed by atoms with van der Waals surface area (Å²) in [5.74, 6) is -0.0999. The van der Waals surface area contributed by atoms with Crippen molar-refractivity contribution in [2.24, 2.45) is 0 Å². The van der Waals surface area contributed by atoms with Crippen molar-refractivity contribution < 1.29 is 24.5 Å². The van der Waals surface area contributed by atoms with Gasteiger partial charge in [-0.05, 0) is 83.5 Å². The highest BCUT2D eigenvalue weighted by Gasteiger charge is 2.18. The third kappa shape index (κ3) is 53.4. The molecule has 0 heterocycles. The van der Waals surface area contributed by atoms with E-state index in [1.54, 1.807) is 6.08 Å². The molecule has 0 fully saturated rings. The molecule has 6 heteroatoms. The maximum atomic E-state index is 12.5. The van der Waals surface area contributed by atoms with Crippen LogP contribution in [0.25, 0.3) is 0 Å². The fourth-order valence-corrected chi connectivity index (χ4v) is 9.21. The minimum absolute atomic E-state index is 0.0184. The van der Waals surface area contributed by atoms with Gasteiger partial charge >= 0.3 is 5.97 Å². The van der Waals surface area contributed by atoms with E-state index in [9.17, 15) is 19.8 Å². The lowest BCUT2D eigenvalue weighted by Gasteiger charge is -2.20. The summed E-state index contributed by atoms with van der Waals surface area (Å²) >= 11 is 0. The Kier molecular flexibility index (Phi) is 56.0. The summed E-state index contributed by atoms with van der Waals surface area (Å²) in [6, 6.07) is -0.641. The van der Waals surface area contributed by atoms with Crippen molar-refractivity contribution in [1.29, 1.82) is 0 Å². The van der Waals surface area contributed by atoms with Crippen LogP contribution in [0.15, 0.2) is 36.5 Å². The van der Waals surface area contributed by atoms with Gasteiger partial charge < -0.3 is 20.3 Å². The van der Waals surface area contributed by atoms with Gasteiger partial charge in [0.1, 0.15) is 0 Å². The number of allylic oxidation sites excluding steroid dienone is 5. The van der Waals surface area contributed by atoms with Crippen LogP contribution in [0.1, 0.15) is 322 Å². The number of nitrogens with one attached hydrogen (secondary N) is 1. The number of hydrogen-bond donors (Lipinski definition) is 3. The number of carbonyl (C=O) groups is 2. The van der Waals surface area contributed by atoms with Gasteiger partial charge in [-0.3, -0.25) is 9.59 Å². The smallest absolute Gasteiger partial charge is 0.305 e. The van der Waals surface area contributed by atoms with Gasteiger partial charge in [-0.25, -0.2) is 0 Å². The predicted octanol–water partition coefficient (Wildman–Crippen LogP) is 18.8. The van der Waals surface area contributed by atoms with Crippen LogP contribution < -0.4 is 5.32 Å². The summed E-state index contributed by atoms with van der Waals surface area (Å²) in [5, 5.41) is 23.2. The third-order valence-corrected chi connectivity index (χ3v) is 13.9. The molecule has 0 aliphatic rings. The van der Waals surface area contributed by atoms with Crippen LogP contribution in [0.4, 0.5) is 0 Å². The number of esters is 1. The molecule has 0 aliphatic heterocycles. The molecule has 2 unspecified atom stereocenters. The maximum Gasteiger partial charge on any atom is 0.305 e. The van der Waals surface area contributed by atoms with Gasteiger partial charge in [0.2, 0.25) is 5.91 Å². The van der Waals surface area contributed by atoms with Gasteiger partial charge in [0.15, 0.2) is 0 Å². The Balaban J connectivity index is 3.51. The number of amides is 1. The molecule has 2 atom stereocenters. The van der Waals surface area contributed by atoms with E-state index >= 15 is 0 Å². The van der Waals surface area contributed by atoms with Gasteiger partial charge in [-0.15, -0.1) is 0 Å². The van der Waals surface area contributed by atoms with Crippen LogP contribution in [0, 0.1) is 0 Å². The highest BCUT2D eigenvalue weighted by atomic mass is 16.5. The van der Waals surface area contributed by atoms with Crippen LogP contribution >= 0.6 is 0 Å². The number of ether oxygens (including phenoxy) is 1. The Hall–Kier alpha value is -1.92. The molecule has 0 saturated carbocycles. The van der Waals surface area contributed by atoms with Crippen LogP contribution in [-0.4, -0.2) is 47.4 Å². The van der Waals surface area contributed by atoms with Crippen LogP contribution in [0.5, 0.6) is 0 Å². The van der Waals surface area contributed by atoms with Gasteiger partial charge in [0.25, 0.3) is 0 Å². The number of aliphatic hydroxyl groups excluding tert-OH is 2. The SMILES string of the molecule is CCCCCCCCC/C=C\CCCCCCCC(=O)OCCCCCC/C=C\CCCCCCCCCC(=O)NC(CO)C(O)/C=C/CCCCCCCCCCCCCCCCCCCC. The molecule has 1 amide bonds. The molecule has 0 aliphatic carbocycles. The average molecular weight is 957 g/mol. The van der Waals surface area contributed by atoms with E-state index in [0.29, 0.717) is 19.4 Å². The number of unbranched alkanes of at least 4 members (excludes halogenated alkanes) is 41. The molecular weight excluding hydrogens is 839 g/mol. The molecule has 0 spiro atoms. The van der Waals surface area contributed by atoms with Crippen LogP contribution in [0.3, 0.4) is 0 Å². The van der Waals surface area contributed by atoms with Crippen molar-refractivity contribution >= 4 is 11.9 Å². The molecule has 3 N–H and O–H groups in total. The lowest BCUT2D eigenvalue weighted by atomic mass is 10.0. The van der Waals surface area contributed by atoms with Gasteiger partial charge in [0.05, 0.1) is 25.4 Å². The summed E-state index contributed by atoms with van der Waals surface area (Å²) in [6.07, 6.45) is 71.7. The molecule has 6 nitrogen and oxygen atoms in total. The second kappa shape index (κ2) is 57.7. The molecule has 0 aromatic heterocycles. The summed E-state index contributed by atoms with van der Waals surface area (Å²) in [6.45, 7) is 4.88. The zero-order valence-electron chi connectivity index (χ0n) is 45.6. The van der Waals surface area contributed by atoms with Crippen molar-refractivity contribution in [2.75, 3.05) is 13.2 Å². The zero-order chi connectivity index (χ0) is 49.3. The standard InChI is InChI=1S/C62H117NO5/c1-3-5-7-9-11-13-15-17-19-21-22-23-24-26-30-34-38-42-46-50-54-60(65)59(58-64)63-61(66)55-51-47-43-39-35-31-27-25-29-33-37-41-45-49-53-57-68-62(67)56-52-48-44-40-36-32-28-20-18-16-14-12-10-8-6-4-2/h20,28-29,33,50,54,59-60,64-65H,3-19,21-27,30-32,34-49,51-53,55-58H2,1-2H3,(H,63,66)/b28-20-,33-29-,54-50+. The summed E-state index contributed by atoms with van der Waals surface area (Å²) in [7, 11) is 0. The fraction of sp³-hybridized carbons (Fsp3) is 0.871. The Labute approximate surface area is 424 Å². The average Bonchev–Trinajstić information content (AvgIpc) is 3.34. The Morgan fingerprint density at radius 1 is 0.397 bits per heavy atom. The first kappa shape index (κ1) is 66.1. The minimum Gasteiger partial charge on any atom is -0.466 e. The van der Waals surface area contributed by atoms with Gasteiger partial charge in [-0.1, -0.05) is 262 Å². The Morgan fingerprint density at radius 2 is 0.691 bits per heavy atom. The zero-order valence-corrected chi connectivity index (χ0v) is 45.6. The quantitative estimate of drug-likeness (QED) is 0.0321. The van der Waals surface area contributed by atoms with E-state index < -0.39 is 12.1 Å². The maximum absolute atomic E-state index is 12.5. The summed E-state index contributed by atoms with van der Waals surface area (Å²) < 4.78 is 5.46. The lowest BCUT2D eigenvalue weighted by Crippen LogP contribution is -2.45. The van der Waals surface area contributed by atoms with Crippen molar-refractivity contribution in [3.63, 3.8) is 0 Å². The summed E-state index contributed by atoms with van der Waals surface area (Å²) in [5.41, 5.74) is 0. The fourth-order valence-electron chi connectivity index (χ4n) is 9.21. The Bertz CT molecular complexity index is 1100. The number of aliphatic hydroxyl groups is 2. The molecular formula is C62H117NO5. The second-order valence-corrected chi connectivity index (χ2v) is 20.7. The molecule has 0 saturated heterocycles. The van der Waals surface area contributed by atoms with E-state index in [-0.39, 0.29) is 18.5 Å². The van der Waals surface area contributed by atoms with E-state index in [0.717, 1.165) is 70.6 Å². The van der Waals surface area contributed by atoms with Gasteiger partial charge in [0, 0.05) is 12.8 Å². The first-order valence-corrected chi connectivity index (χ1v) is 30.3. The topological polar surface area (TPSA) is 95.9 Å². The molecule has 0 bridgehead atoms. The third-order valence-electron chi connectivity index (χ3n) is 13.9. The van der Waals surface area contributed by atoms with Crippen molar-refractivity contribution in [2.45, 2.75) is 334 Å². The Morgan fingerprint density at radius 3 is 1.04 bits per heavy atom. The summed E-state index contributed by atoms with van der Waals surface area (Å²) in [4.78, 5) is 24.5. The second-order valence-electron chi connectivity index (χ2n) is 20.7.